The fraction of sp³-hybridized carbons (Fsp3) is 0.462. The first-order chi connectivity index (χ1) is 8.29. The maximum absolute atomic E-state index is 11.7. The maximum atomic E-state index is 11.7. The Morgan fingerprint density at radius 3 is 2.06 bits per heavy atom. The maximum Gasteiger partial charge on any atom is 0.178 e. The van der Waals surface area contributed by atoms with Gasteiger partial charge in [-0.05, 0) is 38.7 Å². The third-order valence-electron chi connectivity index (χ3n) is 2.84. The predicted molar refractivity (Wildman–Crippen MR) is 71.3 cm³/mol. The van der Waals surface area contributed by atoms with Crippen molar-refractivity contribution < 1.29 is 13.2 Å². The standard InChI is InChI=1S/C13H19NO3S/c1-5-18(16,17)12-8-6-11(7-9-12)13(10(2)15)14(3)4/h6-9,13H,5H2,1-4H3. The second-order valence-electron chi connectivity index (χ2n) is 4.45. The third-order valence-corrected chi connectivity index (χ3v) is 4.59. The lowest BCUT2D eigenvalue weighted by Crippen LogP contribution is -2.25. The molecule has 5 heteroatoms. The van der Waals surface area contributed by atoms with E-state index >= 15 is 0 Å². The number of likely N-dealkylation sites (N-methyl/N-ethyl adjacent to an activating group) is 1. The minimum Gasteiger partial charge on any atom is -0.298 e. The summed E-state index contributed by atoms with van der Waals surface area (Å²) in [4.78, 5) is 13.7. The highest BCUT2D eigenvalue weighted by Crippen LogP contribution is 2.21. The van der Waals surface area contributed by atoms with E-state index in [1.807, 2.05) is 19.0 Å². The molecule has 0 saturated heterocycles. The molecule has 1 atom stereocenters. The molecule has 0 aromatic heterocycles. The molecule has 0 heterocycles. The topological polar surface area (TPSA) is 54.5 Å². The first-order valence-corrected chi connectivity index (χ1v) is 7.44. The third kappa shape index (κ3) is 3.17. The van der Waals surface area contributed by atoms with Crippen molar-refractivity contribution in [1.29, 1.82) is 0 Å². The Labute approximate surface area is 109 Å². The number of carbonyl (C=O) groups is 1. The van der Waals surface area contributed by atoms with E-state index in [-0.39, 0.29) is 17.6 Å². The molecule has 0 aliphatic rings. The van der Waals surface area contributed by atoms with Crippen molar-refractivity contribution in [2.45, 2.75) is 24.8 Å². The van der Waals surface area contributed by atoms with Gasteiger partial charge in [0.05, 0.1) is 16.7 Å². The Morgan fingerprint density at radius 1 is 1.22 bits per heavy atom. The summed E-state index contributed by atoms with van der Waals surface area (Å²) in [5, 5.41) is 0. The van der Waals surface area contributed by atoms with Crippen LogP contribution < -0.4 is 0 Å². The molecule has 0 bridgehead atoms. The van der Waals surface area contributed by atoms with E-state index in [1.165, 1.54) is 6.92 Å². The van der Waals surface area contributed by atoms with Crippen molar-refractivity contribution in [3.63, 3.8) is 0 Å². The number of benzene rings is 1. The van der Waals surface area contributed by atoms with Crippen molar-refractivity contribution >= 4 is 15.6 Å². The van der Waals surface area contributed by atoms with Gasteiger partial charge in [-0.3, -0.25) is 9.69 Å². The number of nitrogens with zero attached hydrogens (tertiary/aromatic N) is 1. The van der Waals surface area contributed by atoms with Crippen LogP contribution in [0, 0.1) is 0 Å². The number of hydrogen-bond acceptors (Lipinski definition) is 4. The van der Waals surface area contributed by atoms with Crippen molar-refractivity contribution in [1.82, 2.24) is 4.90 Å². The summed E-state index contributed by atoms with van der Waals surface area (Å²) in [5.41, 5.74) is 0.808. The lowest BCUT2D eigenvalue weighted by Gasteiger charge is -2.22. The van der Waals surface area contributed by atoms with Gasteiger partial charge in [0.1, 0.15) is 0 Å². The number of Topliss-reactive ketones (excluding diaryl/α,β-unsaturated/α-hetero) is 1. The van der Waals surface area contributed by atoms with Gasteiger partial charge in [-0.25, -0.2) is 8.42 Å². The largest absolute Gasteiger partial charge is 0.298 e. The molecular weight excluding hydrogens is 250 g/mol. The zero-order chi connectivity index (χ0) is 13.9. The lowest BCUT2D eigenvalue weighted by atomic mass is 10.0. The summed E-state index contributed by atoms with van der Waals surface area (Å²) in [5.74, 6) is 0.113. The van der Waals surface area contributed by atoms with Crippen molar-refractivity contribution in [3.05, 3.63) is 29.8 Å². The van der Waals surface area contributed by atoms with Crippen LogP contribution in [0.5, 0.6) is 0 Å². The Morgan fingerprint density at radius 2 is 1.72 bits per heavy atom. The summed E-state index contributed by atoms with van der Waals surface area (Å²) < 4.78 is 23.3. The lowest BCUT2D eigenvalue weighted by molar-refractivity contribution is -0.121. The Balaban J connectivity index is 3.13. The summed E-state index contributed by atoms with van der Waals surface area (Å²) in [6, 6.07) is 6.20. The van der Waals surface area contributed by atoms with Crippen molar-refractivity contribution in [2.75, 3.05) is 19.8 Å². The molecule has 100 valence electrons. The minimum absolute atomic E-state index is 0.0334. The fourth-order valence-electron chi connectivity index (χ4n) is 1.92. The van der Waals surface area contributed by atoms with Crippen LogP contribution in [0.15, 0.2) is 29.2 Å². The second kappa shape index (κ2) is 5.63. The molecule has 0 aliphatic carbocycles. The van der Waals surface area contributed by atoms with Crippen LogP contribution in [-0.2, 0) is 14.6 Å². The van der Waals surface area contributed by atoms with Gasteiger partial charge >= 0.3 is 0 Å². The molecule has 1 unspecified atom stereocenters. The van der Waals surface area contributed by atoms with E-state index < -0.39 is 9.84 Å². The van der Waals surface area contributed by atoms with E-state index in [0.717, 1.165) is 5.56 Å². The molecular formula is C13H19NO3S. The molecule has 0 spiro atoms. The second-order valence-corrected chi connectivity index (χ2v) is 6.73. The number of sulfone groups is 1. The van der Waals surface area contributed by atoms with Crippen LogP contribution >= 0.6 is 0 Å². The molecule has 1 aromatic rings. The van der Waals surface area contributed by atoms with Gasteiger partial charge in [-0.1, -0.05) is 19.1 Å². The quantitative estimate of drug-likeness (QED) is 0.816. The van der Waals surface area contributed by atoms with Crippen LogP contribution in [0.2, 0.25) is 0 Å². The van der Waals surface area contributed by atoms with Gasteiger partial charge in [0.15, 0.2) is 15.6 Å². The van der Waals surface area contributed by atoms with E-state index in [1.54, 1.807) is 31.2 Å². The SMILES string of the molecule is CCS(=O)(=O)c1ccc(C(C(C)=O)N(C)C)cc1. The van der Waals surface area contributed by atoms with E-state index in [4.69, 9.17) is 0 Å². The first-order valence-electron chi connectivity index (χ1n) is 5.79. The molecule has 0 radical (unpaired) electrons. The zero-order valence-corrected chi connectivity index (χ0v) is 12.0. The molecule has 0 amide bonds. The summed E-state index contributed by atoms with van der Waals surface area (Å²) in [7, 11) is 0.465. The monoisotopic (exact) mass is 269 g/mol. The normalized spacial score (nSPS) is 13.6. The average Bonchev–Trinajstić information content (AvgIpc) is 2.29. The van der Waals surface area contributed by atoms with Gasteiger partial charge in [-0.15, -0.1) is 0 Å². The van der Waals surface area contributed by atoms with Gasteiger partial charge < -0.3 is 0 Å². The van der Waals surface area contributed by atoms with Crippen molar-refractivity contribution in [2.24, 2.45) is 0 Å². The molecule has 0 saturated carbocycles. The minimum atomic E-state index is -3.18. The zero-order valence-electron chi connectivity index (χ0n) is 11.2. The molecule has 0 N–H and O–H groups in total. The Bertz CT molecular complexity index is 518. The predicted octanol–water partition coefficient (Wildman–Crippen LogP) is 1.67. The summed E-state index contributed by atoms with van der Waals surface area (Å²) in [6.45, 7) is 3.14. The molecule has 1 rings (SSSR count). The molecule has 18 heavy (non-hydrogen) atoms. The van der Waals surface area contributed by atoms with Gasteiger partial charge in [0, 0.05) is 0 Å². The molecule has 0 aliphatic heterocycles. The number of ketones is 1. The Kier molecular flexibility index (Phi) is 4.65. The highest BCUT2D eigenvalue weighted by molar-refractivity contribution is 7.91. The van der Waals surface area contributed by atoms with Crippen molar-refractivity contribution in [3.8, 4) is 0 Å². The van der Waals surface area contributed by atoms with Crippen LogP contribution in [0.1, 0.15) is 25.5 Å². The Hall–Kier alpha value is -1.20. The van der Waals surface area contributed by atoms with Crippen LogP contribution in [-0.4, -0.2) is 38.9 Å². The smallest absolute Gasteiger partial charge is 0.178 e. The summed E-state index contributed by atoms with van der Waals surface area (Å²) >= 11 is 0. The highest BCUT2D eigenvalue weighted by atomic mass is 32.2. The van der Waals surface area contributed by atoms with Crippen LogP contribution in [0.25, 0.3) is 0 Å². The highest BCUT2D eigenvalue weighted by Gasteiger charge is 2.20. The number of hydrogen-bond donors (Lipinski definition) is 0. The average molecular weight is 269 g/mol. The number of rotatable bonds is 5. The van der Waals surface area contributed by atoms with E-state index in [2.05, 4.69) is 0 Å². The fourth-order valence-corrected chi connectivity index (χ4v) is 2.80. The first kappa shape index (κ1) is 14.9. The van der Waals surface area contributed by atoms with E-state index in [9.17, 15) is 13.2 Å². The van der Waals surface area contributed by atoms with Crippen LogP contribution in [0.3, 0.4) is 0 Å². The van der Waals surface area contributed by atoms with Gasteiger partial charge in [0.2, 0.25) is 0 Å². The van der Waals surface area contributed by atoms with Gasteiger partial charge in [-0.2, -0.15) is 0 Å². The molecule has 4 nitrogen and oxygen atoms in total. The number of carbonyl (C=O) groups excluding carboxylic acids is 1. The van der Waals surface area contributed by atoms with Crippen LogP contribution in [0.4, 0.5) is 0 Å². The summed E-state index contributed by atoms with van der Waals surface area (Å²) in [6.07, 6.45) is 0. The van der Waals surface area contributed by atoms with Gasteiger partial charge in [0.25, 0.3) is 0 Å². The van der Waals surface area contributed by atoms with E-state index in [0.29, 0.717) is 4.90 Å². The molecule has 1 aromatic carbocycles. The molecule has 0 fully saturated rings.